The molecule has 0 aliphatic heterocycles. The molecule has 0 aliphatic carbocycles. The Kier molecular flexibility index (Phi) is 11.2. The van der Waals surface area contributed by atoms with Gasteiger partial charge in [0.05, 0.1) is 16.3 Å². The molecule has 24 heavy (non-hydrogen) atoms. The highest BCUT2D eigenvalue weighted by Crippen LogP contribution is 2.22. The van der Waals surface area contributed by atoms with Crippen molar-refractivity contribution in [3.63, 3.8) is 0 Å². The molecule has 3 nitrogen and oxygen atoms in total. The van der Waals surface area contributed by atoms with Gasteiger partial charge in [0.1, 0.15) is 0 Å². The summed E-state index contributed by atoms with van der Waals surface area (Å²) in [6, 6.07) is 5.22. The van der Waals surface area contributed by atoms with Crippen molar-refractivity contribution in [2.75, 3.05) is 0 Å². The second-order valence-corrected chi connectivity index (χ2v) is 6.55. The first-order chi connectivity index (χ1) is 11.6. The Hall–Kier alpha value is -1.32. The van der Waals surface area contributed by atoms with Crippen LogP contribution in [0.4, 0.5) is 0 Å². The van der Waals surface area contributed by atoms with Crippen molar-refractivity contribution in [2.24, 2.45) is 5.10 Å². The summed E-state index contributed by atoms with van der Waals surface area (Å²) in [6.07, 6.45) is 13.2. The quantitative estimate of drug-likeness (QED) is 0.204. The summed E-state index contributed by atoms with van der Waals surface area (Å²) in [7, 11) is 0. The molecule has 1 aromatic rings. The van der Waals surface area contributed by atoms with Gasteiger partial charge in [0.15, 0.2) is 0 Å². The minimum atomic E-state index is -0.0830. The molecule has 0 fully saturated rings. The van der Waals surface area contributed by atoms with Crippen LogP contribution in [-0.4, -0.2) is 12.1 Å². The van der Waals surface area contributed by atoms with Gasteiger partial charge in [-0.05, 0) is 31.4 Å². The smallest absolute Gasteiger partial charge is 0.240 e. The molecule has 1 rings (SSSR count). The minimum absolute atomic E-state index is 0.0830. The second-order valence-electron chi connectivity index (χ2n) is 5.73. The van der Waals surface area contributed by atoms with Crippen molar-refractivity contribution in [1.29, 1.82) is 0 Å². The van der Waals surface area contributed by atoms with E-state index < -0.39 is 0 Å². The van der Waals surface area contributed by atoms with Crippen LogP contribution in [0.15, 0.2) is 36.0 Å². The first-order valence-electron chi connectivity index (χ1n) is 8.52. The van der Waals surface area contributed by atoms with Gasteiger partial charge in [-0.2, -0.15) is 5.10 Å². The molecule has 0 saturated carbocycles. The van der Waals surface area contributed by atoms with Gasteiger partial charge >= 0.3 is 0 Å². The number of rotatable bonds is 12. The summed E-state index contributed by atoms with van der Waals surface area (Å²) in [4.78, 5) is 11.7. The van der Waals surface area contributed by atoms with E-state index in [1.54, 1.807) is 18.2 Å². The topological polar surface area (TPSA) is 41.5 Å². The van der Waals surface area contributed by atoms with Crippen LogP contribution in [0.25, 0.3) is 0 Å². The Morgan fingerprint density at radius 2 is 1.62 bits per heavy atom. The Balaban J connectivity index is 2.10. The molecular weight excluding hydrogens is 343 g/mol. The minimum Gasteiger partial charge on any atom is -0.273 e. The highest BCUT2D eigenvalue weighted by atomic mass is 35.5. The van der Waals surface area contributed by atoms with Crippen molar-refractivity contribution < 1.29 is 4.79 Å². The number of carbonyl (C=O) groups excluding carboxylic acids is 1. The predicted octanol–water partition coefficient (Wildman–Crippen LogP) is 6.14. The Morgan fingerprint density at radius 1 is 1.04 bits per heavy atom. The van der Waals surface area contributed by atoms with Gasteiger partial charge in [0, 0.05) is 12.0 Å². The molecular formula is C19H26Cl2N2O. The number of hydrogen-bond donors (Lipinski definition) is 1. The zero-order valence-corrected chi connectivity index (χ0v) is 15.6. The molecule has 0 heterocycles. The normalized spacial score (nSPS) is 10.9. The van der Waals surface area contributed by atoms with Crippen molar-refractivity contribution in [1.82, 2.24) is 5.43 Å². The zero-order chi connectivity index (χ0) is 17.6. The predicted molar refractivity (Wildman–Crippen MR) is 104 cm³/mol. The highest BCUT2D eigenvalue weighted by Gasteiger charge is 2.03. The van der Waals surface area contributed by atoms with Crippen LogP contribution >= 0.6 is 23.2 Å². The lowest BCUT2D eigenvalue weighted by atomic mass is 10.1. The Morgan fingerprint density at radius 3 is 2.25 bits per heavy atom. The second kappa shape index (κ2) is 13.0. The van der Waals surface area contributed by atoms with Gasteiger partial charge in [0.2, 0.25) is 5.91 Å². The largest absolute Gasteiger partial charge is 0.273 e. The lowest BCUT2D eigenvalue weighted by Crippen LogP contribution is -2.16. The summed E-state index contributed by atoms with van der Waals surface area (Å²) in [6.45, 7) is 3.72. The first kappa shape index (κ1) is 20.7. The van der Waals surface area contributed by atoms with Crippen LogP contribution in [0.3, 0.4) is 0 Å². The fraction of sp³-hybridized carbons (Fsp3) is 0.474. The zero-order valence-electron chi connectivity index (χ0n) is 14.1. The van der Waals surface area contributed by atoms with Gasteiger partial charge < -0.3 is 0 Å². The molecule has 0 bridgehead atoms. The SMILES string of the molecule is C=CCCCCCCCCCC(=O)N/N=C/c1c(Cl)cccc1Cl. The van der Waals surface area contributed by atoms with E-state index in [4.69, 9.17) is 23.2 Å². The van der Waals surface area contributed by atoms with Crippen molar-refractivity contribution in [3.05, 3.63) is 46.5 Å². The van der Waals surface area contributed by atoms with Crippen LogP contribution in [0.5, 0.6) is 0 Å². The first-order valence-corrected chi connectivity index (χ1v) is 9.27. The lowest BCUT2D eigenvalue weighted by molar-refractivity contribution is -0.121. The fourth-order valence-corrected chi connectivity index (χ4v) is 2.81. The molecule has 1 N–H and O–H groups in total. The van der Waals surface area contributed by atoms with E-state index in [1.165, 1.54) is 38.3 Å². The van der Waals surface area contributed by atoms with Crippen LogP contribution in [-0.2, 0) is 4.79 Å². The third-order valence-electron chi connectivity index (χ3n) is 3.69. The molecule has 1 aromatic carbocycles. The third kappa shape index (κ3) is 9.09. The summed E-state index contributed by atoms with van der Waals surface area (Å²) >= 11 is 12.0. The lowest BCUT2D eigenvalue weighted by Gasteiger charge is -2.02. The van der Waals surface area contributed by atoms with Crippen molar-refractivity contribution in [3.8, 4) is 0 Å². The van der Waals surface area contributed by atoms with Crippen LogP contribution in [0.2, 0.25) is 10.0 Å². The molecule has 0 spiro atoms. The van der Waals surface area contributed by atoms with Gasteiger partial charge in [-0.15, -0.1) is 6.58 Å². The summed E-state index contributed by atoms with van der Waals surface area (Å²) in [5.41, 5.74) is 3.12. The number of halogens is 2. The highest BCUT2D eigenvalue weighted by molar-refractivity contribution is 6.38. The Bertz CT molecular complexity index is 524. The maximum absolute atomic E-state index is 11.7. The summed E-state index contributed by atoms with van der Waals surface area (Å²) < 4.78 is 0. The fourth-order valence-electron chi connectivity index (χ4n) is 2.32. The molecule has 0 unspecified atom stereocenters. The number of hydrazone groups is 1. The van der Waals surface area contributed by atoms with Gasteiger partial charge in [-0.3, -0.25) is 4.79 Å². The van der Waals surface area contributed by atoms with E-state index in [0.717, 1.165) is 19.3 Å². The van der Waals surface area contributed by atoms with E-state index in [2.05, 4.69) is 17.1 Å². The van der Waals surface area contributed by atoms with E-state index in [-0.39, 0.29) is 5.91 Å². The maximum Gasteiger partial charge on any atom is 0.240 e. The number of amides is 1. The standard InChI is InChI=1S/C19H26Cl2N2O/c1-2-3-4-5-6-7-8-9-10-14-19(24)23-22-15-16-17(20)12-11-13-18(16)21/h2,11-13,15H,1,3-10,14H2,(H,23,24)/b22-15+. The van der Waals surface area contributed by atoms with Gasteiger partial charge in [-0.25, -0.2) is 5.43 Å². The van der Waals surface area contributed by atoms with E-state index in [0.29, 0.717) is 22.0 Å². The molecule has 0 aromatic heterocycles. The summed E-state index contributed by atoms with van der Waals surface area (Å²) in [5, 5.41) is 4.93. The molecule has 1 amide bonds. The van der Waals surface area contributed by atoms with Gasteiger partial charge in [-0.1, -0.05) is 67.4 Å². The van der Waals surface area contributed by atoms with Crippen LogP contribution < -0.4 is 5.43 Å². The average molecular weight is 369 g/mol. The molecule has 0 aliphatic rings. The molecule has 0 saturated heterocycles. The Labute approximate surface area is 155 Å². The van der Waals surface area contributed by atoms with Crippen molar-refractivity contribution in [2.45, 2.75) is 57.8 Å². The van der Waals surface area contributed by atoms with E-state index in [1.807, 2.05) is 6.08 Å². The van der Waals surface area contributed by atoms with Crippen LogP contribution in [0.1, 0.15) is 63.4 Å². The molecule has 0 radical (unpaired) electrons. The van der Waals surface area contributed by atoms with Crippen molar-refractivity contribution >= 4 is 35.3 Å². The third-order valence-corrected chi connectivity index (χ3v) is 4.35. The number of nitrogens with zero attached hydrogens (tertiary/aromatic N) is 1. The molecule has 0 atom stereocenters. The van der Waals surface area contributed by atoms with Crippen LogP contribution in [0, 0.1) is 0 Å². The number of benzene rings is 1. The number of carbonyl (C=O) groups is 1. The average Bonchev–Trinajstić information content (AvgIpc) is 2.56. The number of unbranched alkanes of at least 4 members (excludes halogenated alkanes) is 7. The summed E-state index contributed by atoms with van der Waals surface area (Å²) in [5.74, 6) is -0.0830. The maximum atomic E-state index is 11.7. The number of allylic oxidation sites excluding steroid dienone is 1. The molecule has 132 valence electrons. The van der Waals surface area contributed by atoms with E-state index in [9.17, 15) is 4.79 Å². The van der Waals surface area contributed by atoms with Gasteiger partial charge in [0.25, 0.3) is 0 Å². The number of nitrogens with one attached hydrogen (secondary N) is 1. The molecule has 5 heteroatoms. The number of hydrogen-bond acceptors (Lipinski definition) is 2. The van der Waals surface area contributed by atoms with E-state index >= 15 is 0 Å². The monoisotopic (exact) mass is 368 g/mol.